The molecule has 0 saturated heterocycles. The average molecular weight is 221 g/mol. The quantitative estimate of drug-likeness (QED) is 0.841. The van der Waals surface area contributed by atoms with Crippen LogP contribution in [0, 0.1) is 11.6 Å². The van der Waals surface area contributed by atoms with E-state index in [9.17, 15) is 8.78 Å². The van der Waals surface area contributed by atoms with Gasteiger partial charge in [-0.25, -0.2) is 18.7 Å². The Hall–Kier alpha value is -1.88. The first kappa shape index (κ1) is 10.6. The molecule has 2 aromatic rings. The molecule has 3 nitrogen and oxygen atoms in total. The molecule has 0 aliphatic carbocycles. The zero-order chi connectivity index (χ0) is 11.5. The Morgan fingerprint density at radius 3 is 2.62 bits per heavy atom. The lowest BCUT2D eigenvalue weighted by atomic mass is 10.0. The van der Waals surface area contributed by atoms with E-state index in [-0.39, 0.29) is 5.56 Å². The van der Waals surface area contributed by atoms with Crippen molar-refractivity contribution < 1.29 is 8.78 Å². The fourth-order valence-electron chi connectivity index (χ4n) is 1.40. The molecule has 0 saturated carbocycles. The second-order valence-electron chi connectivity index (χ2n) is 3.28. The molecule has 0 spiro atoms. The molecule has 0 amide bonds. The topological polar surface area (TPSA) is 51.8 Å². The molecule has 1 aromatic carbocycles. The molecule has 1 heterocycles. The lowest BCUT2D eigenvalue weighted by Gasteiger charge is -2.11. The van der Waals surface area contributed by atoms with E-state index in [0.29, 0.717) is 5.69 Å². The first-order valence-corrected chi connectivity index (χ1v) is 4.65. The number of nitrogens with zero attached hydrogens (tertiary/aromatic N) is 2. The molecule has 0 aliphatic rings. The number of halogens is 2. The normalized spacial score (nSPS) is 12.4. The monoisotopic (exact) mass is 221 g/mol. The van der Waals surface area contributed by atoms with Crippen molar-refractivity contribution >= 4 is 0 Å². The maximum Gasteiger partial charge on any atom is 0.131 e. The highest BCUT2D eigenvalue weighted by Crippen LogP contribution is 2.20. The van der Waals surface area contributed by atoms with Crippen LogP contribution < -0.4 is 5.73 Å². The Kier molecular flexibility index (Phi) is 2.87. The fourth-order valence-corrected chi connectivity index (χ4v) is 1.40. The highest BCUT2D eigenvalue weighted by atomic mass is 19.1. The van der Waals surface area contributed by atoms with Crippen LogP contribution in [0.3, 0.4) is 0 Å². The number of nitrogens with two attached hydrogens (primary N) is 1. The summed E-state index contributed by atoms with van der Waals surface area (Å²) in [4.78, 5) is 7.66. The van der Waals surface area contributed by atoms with E-state index in [1.807, 2.05) is 0 Å². The summed E-state index contributed by atoms with van der Waals surface area (Å²) in [6.07, 6.45) is 2.85. The summed E-state index contributed by atoms with van der Waals surface area (Å²) >= 11 is 0. The van der Waals surface area contributed by atoms with Gasteiger partial charge in [0.1, 0.15) is 18.0 Å². The van der Waals surface area contributed by atoms with E-state index in [0.717, 1.165) is 6.07 Å². The van der Waals surface area contributed by atoms with Crippen molar-refractivity contribution in [3.63, 3.8) is 0 Å². The van der Waals surface area contributed by atoms with Crippen molar-refractivity contribution in [2.24, 2.45) is 5.73 Å². The highest BCUT2D eigenvalue weighted by Gasteiger charge is 2.14. The van der Waals surface area contributed by atoms with Gasteiger partial charge in [0.05, 0.1) is 11.7 Å². The molecule has 2 rings (SSSR count). The molecule has 0 aliphatic heterocycles. The summed E-state index contributed by atoms with van der Waals surface area (Å²) in [5.74, 6) is -1.30. The van der Waals surface area contributed by atoms with Crippen LogP contribution in [0.2, 0.25) is 0 Å². The van der Waals surface area contributed by atoms with Gasteiger partial charge in [0.25, 0.3) is 0 Å². The number of aromatic nitrogens is 2. The maximum atomic E-state index is 13.4. The highest BCUT2D eigenvalue weighted by molar-refractivity contribution is 5.28. The summed E-state index contributed by atoms with van der Waals surface area (Å²) in [6.45, 7) is 0. The van der Waals surface area contributed by atoms with Gasteiger partial charge in [-0.1, -0.05) is 6.07 Å². The maximum absolute atomic E-state index is 13.4. The molecule has 82 valence electrons. The minimum atomic E-state index is -0.719. The van der Waals surface area contributed by atoms with E-state index in [1.165, 1.54) is 24.7 Å². The second kappa shape index (κ2) is 4.32. The third kappa shape index (κ3) is 2.04. The SMILES string of the molecule is NC(c1ccncn1)c1ccc(F)cc1F. The van der Waals surface area contributed by atoms with Crippen LogP contribution in [0.5, 0.6) is 0 Å². The van der Waals surface area contributed by atoms with Crippen molar-refractivity contribution in [2.75, 3.05) is 0 Å². The summed E-state index contributed by atoms with van der Waals surface area (Å²) < 4.78 is 26.1. The van der Waals surface area contributed by atoms with Crippen LogP contribution in [0.15, 0.2) is 36.8 Å². The number of rotatable bonds is 2. The van der Waals surface area contributed by atoms with Gasteiger partial charge in [-0.2, -0.15) is 0 Å². The summed E-state index contributed by atoms with van der Waals surface area (Å²) in [5, 5.41) is 0. The molecule has 1 atom stereocenters. The Labute approximate surface area is 91.0 Å². The van der Waals surface area contributed by atoms with Gasteiger partial charge in [0.15, 0.2) is 0 Å². The van der Waals surface area contributed by atoms with Crippen LogP contribution in [-0.2, 0) is 0 Å². The smallest absolute Gasteiger partial charge is 0.131 e. The van der Waals surface area contributed by atoms with Crippen LogP contribution in [0.4, 0.5) is 8.78 Å². The predicted molar refractivity (Wildman–Crippen MR) is 54.4 cm³/mol. The first-order chi connectivity index (χ1) is 7.68. The van der Waals surface area contributed by atoms with Gasteiger partial charge < -0.3 is 5.73 Å². The molecule has 16 heavy (non-hydrogen) atoms. The second-order valence-corrected chi connectivity index (χ2v) is 3.28. The standard InChI is InChI=1S/C11H9F2N3/c12-7-1-2-8(9(13)5-7)11(14)10-3-4-15-6-16-10/h1-6,11H,14H2. The van der Waals surface area contributed by atoms with E-state index in [2.05, 4.69) is 9.97 Å². The molecule has 0 bridgehead atoms. The Balaban J connectivity index is 2.38. The first-order valence-electron chi connectivity index (χ1n) is 4.65. The largest absolute Gasteiger partial charge is 0.319 e. The number of hydrogen-bond acceptors (Lipinski definition) is 3. The molecule has 0 fully saturated rings. The molecule has 1 unspecified atom stereocenters. The lowest BCUT2D eigenvalue weighted by molar-refractivity contribution is 0.564. The minimum Gasteiger partial charge on any atom is -0.319 e. The molecule has 2 N–H and O–H groups in total. The van der Waals surface area contributed by atoms with Gasteiger partial charge in [-0.3, -0.25) is 0 Å². The zero-order valence-corrected chi connectivity index (χ0v) is 8.27. The molecule has 0 radical (unpaired) electrons. The van der Waals surface area contributed by atoms with E-state index in [1.54, 1.807) is 6.07 Å². The summed E-state index contributed by atoms with van der Waals surface area (Å²) in [5.41, 5.74) is 6.51. The van der Waals surface area contributed by atoms with Crippen LogP contribution in [-0.4, -0.2) is 9.97 Å². The van der Waals surface area contributed by atoms with Gasteiger partial charge in [0.2, 0.25) is 0 Å². The van der Waals surface area contributed by atoms with Gasteiger partial charge in [-0.15, -0.1) is 0 Å². The fraction of sp³-hybridized carbons (Fsp3) is 0.0909. The summed E-state index contributed by atoms with van der Waals surface area (Å²) in [6, 6.07) is 4.16. The Bertz CT molecular complexity index is 488. The molecular formula is C11H9F2N3. The Morgan fingerprint density at radius 2 is 2.00 bits per heavy atom. The van der Waals surface area contributed by atoms with Crippen LogP contribution >= 0.6 is 0 Å². The number of benzene rings is 1. The Morgan fingerprint density at radius 1 is 1.19 bits per heavy atom. The van der Waals surface area contributed by atoms with Gasteiger partial charge in [-0.05, 0) is 12.1 Å². The van der Waals surface area contributed by atoms with E-state index < -0.39 is 17.7 Å². The van der Waals surface area contributed by atoms with Crippen molar-refractivity contribution in [3.8, 4) is 0 Å². The van der Waals surface area contributed by atoms with Crippen LogP contribution in [0.25, 0.3) is 0 Å². The summed E-state index contributed by atoms with van der Waals surface area (Å²) in [7, 11) is 0. The van der Waals surface area contributed by atoms with Crippen molar-refractivity contribution in [1.82, 2.24) is 9.97 Å². The van der Waals surface area contributed by atoms with E-state index >= 15 is 0 Å². The lowest BCUT2D eigenvalue weighted by Crippen LogP contribution is -2.15. The van der Waals surface area contributed by atoms with Crippen molar-refractivity contribution in [1.29, 1.82) is 0 Å². The third-order valence-electron chi connectivity index (χ3n) is 2.22. The molecule has 1 aromatic heterocycles. The third-order valence-corrected chi connectivity index (χ3v) is 2.22. The van der Waals surface area contributed by atoms with Crippen LogP contribution in [0.1, 0.15) is 17.3 Å². The predicted octanol–water partition coefficient (Wildman–Crippen LogP) is 1.80. The van der Waals surface area contributed by atoms with Gasteiger partial charge >= 0.3 is 0 Å². The molecular weight excluding hydrogens is 212 g/mol. The van der Waals surface area contributed by atoms with Gasteiger partial charge in [0, 0.05) is 17.8 Å². The van der Waals surface area contributed by atoms with Crippen molar-refractivity contribution in [3.05, 3.63) is 59.7 Å². The average Bonchev–Trinajstić information content (AvgIpc) is 2.29. The number of hydrogen-bond donors (Lipinski definition) is 1. The molecule has 5 heteroatoms. The van der Waals surface area contributed by atoms with E-state index in [4.69, 9.17) is 5.73 Å². The zero-order valence-electron chi connectivity index (χ0n) is 8.27. The van der Waals surface area contributed by atoms with Crippen molar-refractivity contribution in [2.45, 2.75) is 6.04 Å². The minimum absolute atomic E-state index is 0.208.